The summed E-state index contributed by atoms with van der Waals surface area (Å²) >= 11 is 0. The van der Waals surface area contributed by atoms with E-state index in [1.165, 1.54) is 5.69 Å². The molecule has 1 aliphatic rings. The number of rotatable bonds is 6. The number of benzene rings is 2. The first kappa shape index (κ1) is 16.5. The lowest BCUT2D eigenvalue weighted by molar-refractivity contribution is 0.122. The van der Waals surface area contributed by atoms with Crippen LogP contribution in [0.15, 0.2) is 53.7 Å². The van der Waals surface area contributed by atoms with Crippen LogP contribution in [0.5, 0.6) is 0 Å². The topological polar surface area (TPSA) is 54.3 Å². The normalized spacial score (nSPS) is 15.0. The van der Waals surface area contributed by atoms with E-state index in [1.807, 2.05) is 36.4 Å². The van der Waals surface area contributed by atoms with Crippen molar-refractivity contribution in [3.05, 3.63) is 65.2 Å². The van der Waals surface area contributed by atoms with Crippen molar-refractivity contribution in [1.82, 2.24) is 0 Å². The first-order valence-electron chi connectivity index (χ1n) is 8.12. The second-order valence-electron chi connectivity index (χ2n) is 5.67. The second kappa shape index (κ2) is 8.47. The molecule has 0 unspecified atom stereocenters. The van der Waals surface area contributed by atoms with Crippen molar-refractivity contribution < 1.29 is 14.7 Å². The molecule has 0 amide bonds. The van der Waals surface area contributed by atoms with Gasteiger partial charge >= 0.3 is 0 Å². The molecule has 0 atom stereocenters. The predicted molar refractivity (Wildman–Crippen MR) is 94.2 cm³/mol. The van der Waals surface area contributed by atoms with Gasteiger partial charge in [-0.25, -0.2) is 0 Å². The van der Waals surface area contributed by atoms with Crippen LogP contribution in [0.4, 0.5) is 5.69 Å². The minimum atomic E-state index is 0.0553. The standard InChI is InChI=1S/C19H22N2O3/c22-14-17-1-3-18(4-2-17)15-24-20-13-16-5-7-19(8-6-16)21-9-11-23-12-10-21/h1-8,13,22H,9-12,14-15H2/b20-13+. The molecule has 1 aliphatic heterocycles. The summed E-state index contributed by atoms with van der Waals surface area (Å²) in [4.78, 5) is 7.64. The summed E-state index contributed by atoms with van der Waals surface area (Å²) in [5.74, 6) is 0. The maximum atomic E-state index is 9.01. The van der Waals surface area contributed by atoms with E-state index in [-0.39, 0.29) is 6.61 Å². The first-order chi connectivity index (χ1) is 11.8. The van der Waals surface area contributed by atoms with Crippen LogP contribution < -0.4 is 4.90 Å². The van der Waals surface area contributed by atoms with E-state index in [9.17, 15) is 0 Å². The van der Waals surface area contributed by atoms with Gasteiger partial charge in [-0.2, -0.15) is 0 Å². The van der Waals surface area contributed by atoms with Gasteiger partial charge in [0.25, 0.3) is 0 Å². The van der Waals surface area contributed by atoms with Crippen LogP contribution in [0.25, 0.3) is 0 Å². The Labute approximate surface area is 142 Å². The van der Waals surface area contributed by atoms with E-state index < -0.39 is 0 Å². The van der Waals surface area contributed by atoms with Gasteiger partial charge in [-0.05, 0) is 28.8 Å². The maximum absolute atomic E-state index is 9.01. The van der Waals surface area contributed by atoms with Crippen molar-refractivity contribution in [2.24, 2.45) is 5.16 Å². The molecule has 5 nitrogen and oxygen atoms in total. The van der Waals surface area contributed by atoms with Crippen LogP contribution in [0, 0.1) is 0 Å². The number of oxime groups is 1. The fraction of sp³-hybridized carbons (Fsp3) is 0.316. The Morgan fingerprint density at radius 1 is 1.00 bits per heavy atom. The lowest BCUT2D eigenvalue weighted by Gasteiger charge is -2.28. The lowest BCUT2D eigenvalue weighted by atomic mass is 10.1. The number of hydrogen-bond donors (Lipinski definition) is 1. The summed E-state index contributed by atoms with van der Waals surface area (Å²) in [6.45, 7) is 3.91. The number of aliphatic hydroxyl groups excluding tert-OH is 1. The average Bonchev–Trinajstić information content (AvgIpc) is 2.67. The van der Waals surface area contributed by atoms with Crippen LogP contribution >= 0.6 is 0 Å². The molecule has 5 heteroatoms. The molecule has 0 bridgehead atoms. The Morgan fingerprint density at radius 2 is 1.67 bits per heavy atom. The van der Waals surface area contributed by atoms with Gasteiger partial charge in [-0.3, -0.25) is 0 Å². The molecule has 1 N–H and O–H groups in total. The highest BCUT2D eigenvalue weighted by Crippen LogP contribution is 2.16. The third-order valence-corrected chi connectivity index (χ3v) is 3.98. The highest BCUT2D eigenvalue weighted by atomic mass is 16.6. The Morgan fingerprint density at radius 3 is 2.33 bits per heavy atom. The van der Waals surface area contributed by atoms with E-state index in [0.717, 1.165) is 43.0 Å². The highest BCUT2D eigenvalue weighted by Gasteiger charge is 2.10. The summed E-state index contributed by atoms with van der Waals surface area (Å²) in [7, 11) is 0. The first-order valence-corrected chi connectivity index (χ1v) is 8.12. The molecule has 1 saturated heterocycles. The van der Waals surface area contributed by atoms with Crippen molar-refractivity contribution in [3.8, 4) is 0 Å². The monoisotopic (exact) mass is 326 g/mol. The summed E-state index contributed by atoms with van der Waals surface area (Å²) in [5.41, 5.74) is 4.12. The zero-order valence-electron chi connectivity index (χ0n) is 13.6. The van der Waals surface area contributed by atoms with Crippen molar-refractivity contribution in [2.45, 2.75) is 13.2 Å². The molecule has 2 aromatic carbocycles. The molecular weight excluding hydrogens is 304 g/mol. The van der Waals surface area contributed by atoms with Gasteiger partial charge in [-0.1, -0.05) is 41.6 Å². The summed E-state index contributed by atoms with van der Waals surface area (Å²) in [6.07, 6.45) is 1.71. The molecule has 0 saturated carbocycles. The summed E-state index contributed by atoms with van der Waals surface area (Å²) < 4.78 is 5.37. The number of morpholine rings is 1. The third-order valence-electron chi connectivity index (χ3n) is 3.98. The molecule has 0 aliphatic carbocycles. The largest absolute Gasteiger partial charge is 0.392 e. The van der Waals surface area contributed by atoms with E-state index in [4.69, 9.17) is 14.7 Å². The predicted octanol–water partition coefficient (Wildman–Crippen LogP) is 2.57. The molecule has 2 aromatic rings. The molecule has 126 valence electrons. The number of anilines is 1. The highest BCUT2D eigenvalue weighted by molar-refractivity contribution is 5.79. The van der Waals surface area contributed by atoms with E-state index >= 15 is 0 Å². The Bertz CT molecular complexity index is 647. The average molecular weight is 326 g/mol. The van der Waals surface area contributed by atoms with Gasteiger partial charge in [0.1, 0.15) is 6.61 Å². The van der Waals surface area contributed by atoms with Crippen molar-refractivity contribution in [1.29, 1.82) is 0 Å². The maximum Gasteiger partial charge on any atom is 0.142 e. The van der Waals surface area contributed by atoms with Gasteiger partial charge in [0.15, 0.2) is 0 Å². The number of hydrogen-bond acceptors (Lipinski definition) is 5. The van der Waals surface area contributed by atoms with E-state index in [1.54, 1.807) is 6.21 Å². The van der Waals surface area contributed by atoms with Crippen molar-refractivity contribution in [2.75, 3.05) is 31.2 Å². The Balaban J connectivity index is 1.48. The molecule has 1 fully saturated rings. The minimum absolute atomic E-state index is 0.0553. The van der Waals surface area contributed by atoms with Crippen molar-refractivity contribution >= 4 is 11.9 Å². The van der Waals surface area contributed by atoms with Gasteiger partial charge < -0.3 is 19.6 Å². The SMILES string of the molecule is OCc1ccc(CO/N=C/c2ccc(N3CCOCC3)cc2)cc1. The molecule has 1 heterocycles. The molecule has 0 spiro atoms. The molecule has 3 rings (SSSR count). The summed E-state index contributed by atoms with van der Waals surface area (Å²) in [6, 6.07) is 15.9. The van der Waals surface area contributed by atoms with Gasteiger partial charge in [0, 0.05) is 18.8 Å². The zero-order chi connectivity index (χ0) is 16.6. The molecule has 0 radical (unpaired) electrons. The van der Waals surface area contributed by atoms with Crippen LogP contribution in [-0.4, -0.2) is 37.6 Å². The third kappa shape index (κ3) is 4.57. The van der Waals surface area contributed by atoms with E-state index in [0.29, 0.717) is 6.61 Å². The minimum Gasteiger partial charge on any atom is -0.392 e. The van der Waals surface area contributed by atoms with Crippen molar-refractivity contribution in [3.63, 3.8) is 0 Å². The number of aliphatic hydroxyl groups is 1. The van der Waals surface area contributed by atoms with Gasteiger partial charge in [0.05, 0.1) is 26.0 Å². The fourth-order valence-corrected chi connectivity index (χ4v) is 2.54. The lowest BCUT2D eigenvalue weighted by Crippen LogP contribution is -2.36. The Hall–Kier alpha value is -2.37. The van der Waals surface area contributed by atoms with Crippen LogP contribution in [0.3, 0.4) is 0 Å². The number of ether oxygens (including phenoxy) is 1. The van der Waals surface area contributed by atoms with Gasteiger partial charge in [-0.15, -0.1) is 0 Å². The molecule has 0 aromatic heterocycles. The number of nitrogens with zero attached hydrogens (tertiary/aromatic N) is 2. The van der Waals surface area contributed by atoms with Gasteiger partial charge in [0.2, 0.25) is 0 Å². The van der Waals surface area contributed by atoms with Crippen LogP contribution in [-0.2, 0) is 22.8 Å². The molecule has 24 heavy (non-hydrogen) atoms. The quantitative estimate of drug-likeness (QED) is 0.655. The smallest absolute Gasteiger partial charge is 0.142 e. The zero-order valence-corrected chi connectivity index (χ0v) is 13.6. The fourth-order valence-electron chi connectivity index (χ4n) is 2.54. The van der Waals surface area contributed by atoms with Crippen LogP contribution in [0.1, 0.15) is 16.7 Å². The van der Waals surface area contributed by atoms with E-state index in [2.05, 4.69) is 22.2 Å². The molecular formula is C19H22N2O3. The Kier molecular flexibility index (Phi) is 5.82. The summed E-state index contributed by atoms with van der Waals surface area (Å²) in [5, 5.41) is 13.0. The van der Waals surface area contributed by atoms with Crippen LogP contribution in [0.2, 0.25) is 0 Å². The second-order valence-corrected chi connectivity index (χ2v) is 5.67.